The quantitative estimate of drug-likeness (QED) is 0.438. The van der Waals surface area contributed by atoms with Crippen LogP contribution < -0.4 is 10.5 Å². The maximum atomic E-state index is 11.7. The zero-order chi connectivity index (χ0) is 14.6. The molecular formula is C9H11N3O6S. The number of carbonyl (C=O) groups is 1. The summed E-state index contributed by atoms with van der Waals surface area (Å²) in [5.41, 5.74) is 4.36. The third kappa shape index (κ3) is 3.98. The summed E-state index contributed by atoms with van der Waals surface area (Å²) in [4.78, 5) is 20.0. The molecule has 10 heteroatoms. The Balaban J connectivity index is 2.91. The van der Waals surface area contributed by atoms with Crippen molar-refractivity contribution in [2.75, 3.05) is 6.54 Å². The van der Waals surface area contributed by atoms with E-state index in [1.807, 2.05) is 4.72 Å². The highest BCUT2D eigenvalue weighted by Crippen LogP contribution is 2.16. The number of sulfonamides is 1. The number of nitrogens with two attached hydrogens (primary N) is 1. The van der Waals surface area contributed by atoms with Crippen LogP contribution in [0.5, 0.6) is 0 Å². The number of nitrogens with one attached hydrogen (secondary N) is 1. The van der Waals surface area contributed by atoms with Crippen molar-refractivity contribution in [2.24, 2.45) is 5.73 Å². The number of aliphatic hydroxyl groups is 1. The van der Waals surface area contributed by atoms with Crippen molar-refractivity contribution in [1.82, 2.24) is 4.72 Å². The number of hydrogen-bond acceptors (Lipinski definition) is 6. The van der Waals surface area contributed by atoms with Gasteiger partial charge < -0.3 is 10.8 Å². The average molecular weight is 289 g/mol. The summed E-state index contributed by atoms with van der Waals surface area (Å²) in [5, 5.41) is 19.6. The van der Waals surface area contributed by atoms with Crippen molar-refractivity contribution in [2.45, 2.75) is 11.0 Å². The number of primary amides is 1. The highest BCUT2D eigenvalue weighted by molar-refractivity contribution is 7.89. The third-order valence-electron chi connectivity index (χ3n) is 2.13. The van der Waals surface area contributed by atoms with E-state index in [1.54, 1.807) is 0 Å². The zero-order valence-corrected chi connectivity index (χ0v) is 10.3. The first-order valence-electron chi connectivity index (χ1n) is 4.95. The van der Waals surface area contributed by atoms with Gasteiger partial charge in [0.25, 0.3) is 5.69 Å². The largest absolute Gasteiger partial charge is 0.382 e. The molecule has 0 saturated heterocycles. The molecule has 1 unspecified atom stereocenters. The van der Waals surface area contributed by atoms with Crippen LogP contribution in [0.1, 0.15) is 0 Å². The molecular weight excluding hydrogens is 278 g/mol. The summed E-state index contributed by atoms with van der Waals surface area (Å²) in [5.74, 6) is -1.08. The molecule has 0 aliphatic carbocycles. The Morgan fingerprint density at radius 2 is 2.16 bits per heavy atom. The van der Waals surface area contributed by atoms with Gasteiger partial charge in [-0.2, -0.15) is 0 Å². The number of nitro benzene ring substituents is 1. The summed E-state index contributed by atoms with van der Waals surface area (Å²) in [6.45, 7) is -0.611. The average Bonchev–Trinajstić information content (AvgIpc) is 2.36. The lowest BCUT2D eigenvalue weighted by atomic mass is 10.3. The lowest BCUT2D eigenvalue weighted by Gasteiger charge is -2.09. The van der Waals surface area contributed by atoms with Crippen molar-refractivity contribution >= 4 is 21.6 Å². The Bertz CT molecular complexity index is 600. The second-order valence-electron chi connectivity index (χ2n) is 3.52. The van der Waals surface area contributed by atoms with Crippen molar-refractivity contribution in [3.05, 3.63) is 34.4 Å². The molecule has 9 nitrogen and oxygen atoms in total. The standard InChI is InChI=1S/C9H11N3O6S/c10-9(14)8(13)5-11-19(17,18)7-3-1-2-6(4-7)12(15)16/h1-4,8,11,13H,5H2,(H2,10,14). The van der Waals surface area contributed by atoms with Crippen LogP contribution in [0, 0.1) is 10.1 Å². The van der Waals surface area contributed by atoms with Crippen LogP contribution in [0.3, 0.4) is 0 Å². The number of rotatable bonds is 6. The minimum absolute atomic E-state index is 0.349. The Labute approximate surface area is 108 Å². The van der Waals surface area contributed by atoms with Gasteiger partial charge in [0.15, 0.2) is 0 Å². The van der Waals surface area contributed by atoms with Gasteiger partial charge in [-0.15, -0.1) is 0 Å². The topological polar surface area (TPSA) is 153 Å². The summed E-state index contributed by atoms with van der Waals surface area (Å²) in [6, 6.07) is 4.35. The van der Waals surface area contributed by atoms with E-state index in [1.165, 1.54) is 6.07 Å². The summed E-state index contributed by atoms with van der Waals surface area (Å²) in [7, 11) is -4.07. The fourth-order valence-electron chi connectivity index (χ4n) is 1.14. The molecule has 0 aliphatic rings. The normalized spacial score (nSPS) is 12.9. The molecule has 1 rings (SSSR count). The van der Waals surface area contributed by atoms with Crippen molar-refractivity contribution in [3.63, 3.8) is 0 Å². The van der Waals surface area contributed by atoms with Crippen LogP contribution in [0.4, 0.5) is 5.69 Å². The van der Waals surface area contributed by atoms with E-state index in [0.717, 1.165) is 18.2 Å². The molecule has 19 heavy (non-hydrogen) atoms. The molecule has 104 valence electrons. The number of benzene rings is 1. The van der Waals surface area contributed by atoms with Crippen molar-refractivity contribution in [3.8, 4) is 0 Å². The molecule has 0 saturated carbocycles. The number of hydrogen-bond donors (Lipinski definition) is 3. The van der Waals surface area contributed by atoms with E-state index in [0.29, 0.717) is 0 Å². The first-order chi connectivity index (χ1) is 8.74. The number of nitrogens with zero attached hydrogens (tertiary/aromatic N) is 1. The maximum absolute atomic E-state index is 11.7. The van der Waals surface area contributed by atoms with Gasteiger partial charge in [0.1, 0.15) is 6.10 Å². The molecule has 1 aromatic rings. The highest BCUT2D eigenvalue weighted by Gasteiger charge is 2.20. The molecule has 0 heterocycles. The maximum Gasteiger partial charge on any atom is 0.270 e. The van der Waals surface area contributed by atoms with Crippen molar-refractivity contribution in [1.29, 1.82) is 0 Å². The Morgan fingerprint density at radius 1 is 1.53 bits per heavy atom. The highest BCUT2D eigenvalue weighted by atomic mass is 32.2. The van der Waals surface area contributed by atoms with Gasteiger partial charge >= 0.3 is 0 Å². The van der Waals surface area contributed by atoms with Crippen LogP contribution in [0.25, 0.3) is 0 Å². The fraction of sp³-hybridized carbons (Fsp3) is 0.222. The first-order valence-corrected chi connectivity index (χ1v) is 6.44. The van der Waals surface area contributed by atoms with Gasteiger partial charge in [-0.05, 0) is 6.07 Å². The predicted molar refractivity (Wildman–Crippen MR) is 63.5 cm³/mol. The number of carbonyl (C=O) groups excluding carboxylic acids is 1. The molecule has 0 spiro atoms. The van der Waals surface area contributed by atoms with E-state index in [9.17, 15) is 23.3 Å². The molecule has 0 aromatic heterocycles. The second kappa shape index (κ2) is 5.73. The Hall–Kier alpha value is -2.04. The van der Waals surface area contributed by atoms with Gasteiger partial charge in [0, 0.05) is 18.7 Å². The Kier molecular flexibility index (Phi) is 4.53. The molecule has 4 N–H and O–H groups in total. The number of aliphatic hydroxyl groups excluding tert-OH is 1. The fourth-order valence-corrected chi connectivity index (χ4v) is 2.21. The van der Waals surface area contributed by atoms with Crippen molar-refractivity contribution < 1.29 is 23.2 Å². The van der Waals surface area contributed by atoms with E-state index >= 15 is 0 Å². The SMILES string of the molecule is NC(=O)C(O)CNS(=O)(=O)c1cccc([N+](=O)[O-])c1. The summed E-state index contributed by atoms with van der Waals surface area (Å²) in [6.07, 6.45) is -1.67. The van der Waals surface area contributed by atoms with Crippen LogP contribution in [-0.2, 0) is 14.8 Å². The zero-order valence-electron chi connectivity index (χ0n) is 9.52. The van der Waals surface area contributed by atoms with E-state index in [4.69, 9.17) is 10.8 Å². The minimum Gasteiger partial charge on any atom is -0.382 e. The van der Waals surface area contributed by atoms with Gasteiger partial charge in [-0.3, -0.25) is 14.9 Å². The summed E-state index contributed by atoms with van der Waals surface area (Å²) >= 11 is 0. The van der Waals surface area contributed by atoms with Gasteiger partial charge in [0.2, 0.25) is 15.9 Å². The molecule has 1 amide bonds. The van der Waals surface area contributed by atoms with Crippen LogP contribution in [-0.4, -0.2) is 37.0 Å². The van der Waals surface area contributed by atoms with Crippen LogP contribution >= 0.6 is 0 Å². The van der Waals surface area contributed by atoms with E-state index in [2.05, 4.69) is 0 Å². The molecule has 0 aliphatic heterocycles. The minimum atomic E-state index is -4.07. The molecule has 1 atom stereocenters. The lowest BCUT2D eigenvalue weighted by Crippen LogP contribution is -2.39. The van der Waals surface area contributed by atoms with E-state index in [-0.39, 0.29) is 4.90 Å². The number of amides is 1. The molecule has 0 fully saturated rings. The van der Waals surface area contributed by atoms with Crippen LogP contribution in [0.15, 0.2) is 29.2 Å². The lowest BCUT2D eigenvalue weighted by molar-refractivity contribution is -0.385. The van der Waals surface area contributed by atoms with E-state index < -0.39 is 39.2 Å². The van der Waals surface area contributed by atoms with Gasteiger partial charge in [-0.25, -0.2) is 13.1 Å². The first kappa shape index (κ1) is 15.0. The molecule has 0 radical (unpaired) electrons. The molecule has 1 aromatic carbocycles. The molecule has 0 bridgehead atoms. The summed E-state index contributed by atoms with van der Waals surface area (Å²) < 4.78 is 25.4. The second-order valence-corrected chi connectivity index (χ2v) is 5.29. The predicted octanol–water partition coefficient (Wildman–Crippen LogP) is -1.28. The smallest absolute Gasteiger partial charge is 0.270 e. The van der Waals surface area contributed by atoms with Gasteiger partial charge in [0.05, 0.1) is 9.82 Å². The number of non-ortho nitro benzene ring substituents is 1. The number of nitro groups is 1. The third-order valence-corrected chi connectivity index (χ3v) is 3.56. The van der Waals surface area contributed by atoms with Crippen LogP contribution in [0.2, 0.25) is 0 Å². The Morgan fingerprint density at radius 3 is 2.68 bits per heavy atom. The van der Waals surface area contributed by atoms with Gasteiger partial charge in [-0.1, -0.05) is 6.07 Å². The monoisotopic (exact) mass is 289 g/mol.